The summed E-state index contributed by atoms with van der Waals surface area (Å²) in [5.74, 6) is 0.155. The van der Waals surface area contributed by atoms with Crippen molar-refractivity contribution in [3.63, 3.8) is 0 Å². The molecule has 72 valence electrons. The zero-order chi connectivity index (χ0) is 10.1. The van der Waals surface area contributed by atoms with Gasteiger partial charge in [0.05, 0.1) is 7.11 Å². The Labute approximate surface area is 76.9 Å². The maximum Gasteiger partial charge on any atom is 0.298 e. The zero-order valence-corrected chi connectivity index (χ0v) is 8.13. The van der Waals surface area contributed by atoms with Crippen LogP contribution >= 0.6 is 0 Å². The Morgan fingerprint density at radius 1 is 1.38 bits per heavy atom. The summed E-state index contributed by atoms with van der Waals surface area (Å²) in [5, 5.41) is 0. The second-order valence-electron chi connectivity index (χ2n) is 2.63. The highest BCUT2D eigenvalue weighted by Gasteiger charge is 2.15. The van der Waals surface area contributed by atoms with E-state index in [0.29, 0.717) is 0 Å². The van der Waals surface area contributed by atoms with Crippen LogP contribution in [0.4, 0.5) is 0 Å². The van der Waals surface area contributed by atoms with E-state index in [1.807, 2.05) is 0 Å². The zero-order valence-electron chi connectivity index (χ0n) is 7.31. The second kappa shape index (κ2) is 3.35. The fourth-order valence-corrected chi connectivity index (χ4v) is 1.62. The van der Waals surface area contributed by atoms with Crippen molar-refractivity contribution in [3.8, 4) is 5.75 Å². The summed E-state index contributed by atoms with van der Waals surface area (Å²) in [7, 11) is -2.84. The molecule has 0 aliphatic heterocycles. The molecule has 0 amide bonds. The molecule has 0 unspecified atom stereocenters. The van der Waals surface area contributed by atoms with Crippen molar-refractivity contribution < 1.29 is 17.7 Å². The third-order valence-corrected chi connectivity index (χ3v) is 2.49. The molecule has 1 aromatic carbocycles. The molecule has 1 rings (SSSR count). The normalized spacial score (nSPS) is 11.3. The van der Waals surface area contributed by atoms with Crippen LogP contribution in [0.1, 0.15) is 5.56 Å². The minimum atomic E-state index is -4.19. The first-order valence-corrected chi connectivity index (χ1v) is 5.01. The topological polar surface area (TPSA) is 63.6 Å². The summed E-state index contributed by atoms with van der Waals surface area (Å²) in [6.07, 6.45) is 0. The first-order valence-electron chi connectivity index (χ1n) is 3.57. The summed E-state index contributed by atoms with van der Waals surface area (Å²) >= 11 is 0. The van der Waals surface area contributed by atoms with Crippen LogP contribution in [0.3, 0.4) is 0 Å². The van der Waals surface area contributed by atoms with Gasteiger partial charge in [0, 0.05) is 0 Å². The summed E-state index contributed by atoms with van der Waals surface area (Å²) in [6, 6.07) is 4.44. The van der Waals surface area contributed by atoms with Gasteiger partial charge in [0.1, 0.15) is 10.6 Å². The average molecular weight is 202 g/mol. The van der Waals surface area contributed by atoms with Gasteiger partial charge in [-0.25, -0.2) is 0 Å². The smallest absolute Gasteiger partial charge is 0.298 e. The lowest BCUT2D eigenvalue weighted by Gasteiger charge is -2.05. The van der Waals surface area contributed by atoms with Crippen LogP contribution in [-0.4, -0.2) is 20.1 Å². The first-order chi connectivity index (χ1) is 5.95. The summed E-state index contributed by atoms with van der Waals surface area (Å²) < 4.78 is 35.2. The largest absolute Gasteiger partial charge is 0.495 e. The molecule has 0 fully saturated rings. The minimum Gasteiger partial charge on any atom is -0.495 e. The summed E-state index contributed by atoms with van der Waals surface area (Å²) in [6.45, 7) is 1.80. The molecule has 0 atom stereocenters. The maximum atomic E-state index is 10.8. The fourth-order valence-electron chi connectivity index (χ4n) is 0.988. The van der Waals surface area contributed by atoms with Crippen molar-refractivity contribution in [1.29, 1.82) is 0 Å². The SMILES string of the molecule is COc1cc(C)ccc1S(=O)(=O)O. The van der Waals surface area contributed by atoms with Gasteiger partial charge in [0.15, 0.2) is 0 Å². The van der Waals surface area contributed by atoms with Crippen molar-refractivity contribution in [2.24, 2.45) is 0 Å². The van der Waals surface area contributed by atoms with Crippen LogP contribution in [-0.2, 0) is 10.1 Å². The maximum absolute atomic E-state index is 10.8. The van der Waals surface area contributed by atoms with Gasteiger partial charge in [-0.1, -0.05) is 6.07 Å². The molecule has 1 aromatic rings. The van der Waals surface area contributed by atoms with Crippen molar-refractivity contribution in [2.75, 3.05) is 7.11 Å². The number of ether oxygens (including phenoxy) is 1. The van der Waals surface area contributed by atoms with Gasteiger partial charge in [-0.05, 0) is 24.6 Å². The van der Waals surface area contributed by atoms with E-state index >= 15 is 0 Å². The molecule has 0 bridgehead atoms. The molecule has 0 aliphatic carbocycles. The van der Waals surface area contributed by atoms with E-state index in [1.54, 1.807) is 19.1 Å². The molecule has 0 saturated carbocycles. The monoisotopic (exact) mass is 202 g/mol. The van der Waals surface area contributed by atoms with Gasteiger partial charge in [0.25, 0.3) is 10.1 Å². The van der Waals surface area contributed by atoms with Crippen LogP contribution in [0.15, 0.2) is 23.1 Å². The van der Waals surface area contributed by atoms with Crippen LogP contribution in [0, 0.1) is 6.92 Å². The van der Waals surface area contributed by atoms with E-state index in [9.17, 15) is 8.42 Å². The van der Waals surface area contributed by atoms with E-state index in [0.717, 1.165) is 5.56 Å². The van der Waals surface area contributed by atoms with Crippen molar-refractivity contribution in [2.45, 2.75) is 11.8 Å². The van der Waals surface area contributed by atoms with Gasteiger partial charge < -0.3 is 4.74 Å². The molecule has 0 saturated heterocycles. The highest BCUT2D eigenvalue weighted by molar-refractivity contribution is 7.86. The predicted molar refractivity (Wildman–Crippen MR) is 47.5 cm³/mol. The van der Waals surface area contributed by atoms with Gasteiger partial charge in [0.2, 0.25) is 0 Å². The molecule has 0 aliphatic rings. The van der Waals surface area contributed by atoms with E-state index in [1.165, 1.54) is 13.2 Å². The summed E-state index contributed by atoms with van der Waals surface area (Å²) in [5.41, 5.74) is 0.865. The number of benzene rings is 1. The van der Waals surface area contributed by atoms with Crippen LogP contribution < -0.4 is 4.74 Å². The minimum absolute atomic E-state index is 0.155. The molecule has 13 heavy (non-hydrogen) atoms. The lowest BCUT2D eigenvalue weighted by Crippen LogP contribution is -2.01. The molecule has 4 nitrogen and oxygen atoms in total. The predicted octanol–water partition coefficient (Wildman–Crippen LogP) is 1.25. The fraction of sp³-hybridized carbons (Fsp3) is 0.250. The number of methoxy groups -OCH3 is 1. The number of aryl methyl sites for hydroxylation is 1. The van der Waals surface area contributed by atoms with Crippen LogP contribution in [0.5, 0.6) is 5.75 Å². The highest BCUT2D eigenvalue weighted by Crippen LogP contribution is 2.23. The Balaban J connectivity index is 3.39. The molecular weight excluding hydrogens is 192 g/mol. The lowest BCUT2D eigenvalue weighted by atomic mass is 10.2. The first kappa shape index (κ1) is 10.0. The standard InChI is InChI=1S/C8H10O4S/c1-6-3-4-8(13(9,10)11)7(5-6)12-2/h3-5H,1-2H3,(H,9,10,11). The number of rotatable bonds is 2. The Hall–Kier alpha value is -1.07. The quantitative estimate of drug-likeness (QED) is 0.733. The van der Waals surface area contributed by atoms with Crippen LogP contribution in [0.25, 0.3) is 0 Å². The number of hydrogen-bond donors (Lipinski definition) is 1. The molecule has 0 heterocycles. The van der Waals surface area contributed by atoms with E-state index < -0.39 is 10.1 Å². The van der Waals surface area contributed by atoms with Gasteiger partial charge >= 0.3 is 0 Å². The molecule has 1 N–H and O–H groups in total. The van der Waals surface area contributed by atoms with Crippen molar-refractivity contribution in [1.82, 2.24) is 0 Å². The van der Waals surface area contributed by atoms with Gasteiger partial charge in [-0.2, -0.15) is 8.42 Å². The average Bonchev–Trinajstić information content (AvgIpc) is 2.01. The molecular formula is C8H10O4S. The van der Waals surface area contributed by atoms with Gasteiger partial charge in [-0.15, -0.1) is 0 Å². The Bertz CT molecular complexity index is 408. The highest BCUT2D eigenvalue weighted by atomic mass is 32.2. The molecule has 0 aromatic heterocycles. The Morgan fingerprint density at radius 3 is 2.46 bits per heavy atom. The van der Waals surface area contributed by atoms with E-state index in [-0.39, 0.29) is 10.6 Å². The van der Waals surface area contributed by atoms with Crippen molar-refractivity contribution >= 4 is 10.1 Å². The molecule has 0 spiro atoms. The molecule has 0 radical (unpaired) electrons. The second-order valence-corrected chi connectivity index (χ2v) is 4.02. The van der Waals surface area contributed by atoms with E-state index in [2.05, 4.69) is 0 Å². The summed E-state index contributed by atoms with van der Waals surface area (Å²) in [4.78, 5) is -0.208. The van der Waals surface area contributed by atoms with Gasteiger partial charge in [-0.3, -0.25) is 4.55 Å². The lowest BCUT2D eigenvalue weighted by molar-refractivity contribution is 0.397. The Morgan fingerprint density at radius 2 is 2.00 bits per heavy atom. The number of hydrogen-bond acceptors (Lipinski definition) is 3. The third-order valence-electron chi connectivity index (χ3n) is 1.60. The van der Waals surface area contributed by atoms with Crippen molar-refractivity contribution in [3.05, 3.63) is 23.8 Å². The third kappa shape index (κ3) is 2.19. The Kier molecular flexibility index (Phi) is 2.58. The van der Waals surface area contributed by atoms with Crippen LogP contribution in [0.2, 0.25) is 0 Å². The van der Waals surface area contributed by atoms with E-state index in [4.69, 9.17) is 9.29 Å². The molecule has 5 heteroatoms.